The molecule has 126 valence electrons. The number of hydrogen-bond acceptors (Lipinski definition) is 4. The monoisotopic (exact) mass is 321 g/mol. The van der Waals surface area contributed by atoms with E-state index in [0.717, 1.165) is 0 Å². The number of aromatic amines is 1. The Balaban J connectivity index is 2.01. The summed E-state index contributed by atoms with van der Waals surface area (Å²) in [4.78, 5) is 37.8. The highest BCUT2D eigenvalue weighted by molar-refractivity contribution is 5.98. The van der Waals surface area contributed by atoms with Gasteiger partial charge in [-0.2, -0.15) is 5.10 Å². The van der Waals surface area contributed by atoms with Crippen LogP contribution in [0.25, 0.3) is 0 Å². The van der Waals surface area contributed by atoms with Crippen molar-refractivity contribution < 1.29 is 14.4 Å². The Kier molecular flexibility index (Phi) is 5.36. The summed E-state index contributed by atoms with van der Waals surface area (Å²) in [7, 11) is 1.61. The van der Waals surface area contributed by atoms with Crippen LogP contribution in [0.1, 0.15) is 33.1 Å². The second-order valence-electron chi connectivity index (χ2n) is 6.21. The van der Waals surface area contributed by atoms with Gasteiger partial charge in [0.2, 0.25) is 17.7 Å². The fourth-order valence-electron chi connectivity index (χ4n) is 2.63. The van der Waals surface area contributed by atoms with E-state index in [0.29, 0.717) is 25.1 Å². The number of likely N-dealkylation sites (N-methyl/N-ethyl adjacent to an activating group) is 1. The summed E-state index contributed by atoms with van der Waals surface area (Å²) in [6.45, 7) is 3.96. The summed E-state index contributed by atoms with van der Waals surface area (Å²) in [5.74, 6) is 0.0708. The molecule has 1 aromatic heterocycles. The number of nitrogens with zero attached hydrogens (tertiary/aromatic N) is 2. The molecule has 1 aromatic rings. The Morgan fingerprint density at radius 1 is 1.48 bits per heavy atom. The van der Waals surface area contributed by atoms with Crippen LogP contribution in [0, 0.1) is 5.92 Å². The number of amides is 3. The molecule has 23 heavy (non-hydrogen) atoms. The van der Waals surface area contributed by atoms with Gasteiger partial charge in [0, 0.05) is 19.5 Å². The zero-order chi connectivity index (χ0) is 17.0. The maximum atomic E-state index is 12.4. The average molecular weight is 321 g/mol. The molecule has 0 saturated carbocycles. The molecule has 3 amide bonds. The van der Waals surface area contributed by atoms with Gasteiger partial charge in [-0.05, 0) is 18.8 Å². The van der Waals surface area contributed by atoms with Crippen molar-refractivity contribution in [3.8, 4) is 0 Å². The SMILES string of the molecule is CC(C)CC(NC(=O)C1CCC(=O)N1C)C(=O)Nc1ccn[nH]1. The lowest BCUT2D eigenvalue weighted by Gasteiger charge is -2.24. The maximum Gasteiger partial charge on any atom is 0.248 e. The fourth-order valence-corrected chi connectivity index (χ4v) is 2.63. The fraction of sp³-hybridized carbons (Fsp3) is 0.600. The van der Waals surface area contributed by atoms with Gasteiger partial charge in [0.25, 0.3) is 0 Å². The summed E-state index contributed by atoms with van der Waals surface area (Å²) in [5.41, 5.74) is 0. The largest absolute Gasteiger partial charge is 0.342 e. The molecule has 1 aliphatic rings. The Morgan fingerprint density at radius 3 is 2.74 bits per heavy atom. The molecule has 1 fully saturated rings. The minimum absolute atomic E-state index is 0.0486. The second-order valence-corrected chi connectivity index (χ2v) is 6.21. The summed E-state index contributed by atoms with van der Waals surface area (Å²) in [6.07, 6.45) is 2.89. The van der Waals surface area contributed by atoms with E-state index >= 15 is 0 Å². The van der Waals surface area contributed by atoms with Gasteiger partial charge >= 0.3 is 0 Å². The second kappa shape index (κ2) is 7.26. The molecule has 0 aromatic carbocycles. The molecule has 0 aliphatic carbocycles. The van der Waals surface area contributed by atoms with Crippen molar-refractivity contribution in [2.45, 2.75) is 45.2 Å². The van der Waals surface area contributed by atoms with Crippen LogP contribution < -0.4 is 10.6 Å². The Labute approximate surface area is 135 Å². The molecule has 8 nitrogen and oxygen atoms in total. The Bertz CT molecular complexity index is 570. The standard InChI is InChI=1S/C15H23N5O3/c1-9(2)8-10(14(22)18-12-6-7-16-19-12)17-15(23)11-4-5-13(21)20(11)3/h6-7,9-11H,4-5,8H2,1-3H3,(H,17,23)(H2,16,18,19,22). The Hall–Kier alpha value is -2.38. The zero-order valence-electron chi connectivity index (χ0n) is 13.6. The number of H-pyrrole nitrogens is 1. The molecular formula is C15H23N5O3. The third-order valence-corrected chi connectivity index (χ3v) is 3.89. The van der Waals surface area contributed by atoms with E-state index in [1.54, 1.807) is 13.1 Å². The molecular weight excluding hydrogens is 298 g/mol. The molecule has 2 heterocycles. The van der Waals surface area contributed by atoms with Crippen molar-refractivity contribution in [3.05, 3.63) is 12.3 Å². The van der Waals surface area contributed by atoms with Gasteiger partial charge < -0.3 is 15.5 Å². The molecule has 2 unspecified atom stereocenters. The lowest BCUT2D eigenvalue weighted by Crippen LogP contribution is -2.51. The van der Waals surface area contributed by atoms with E-state index in [4.69, 9.17) is 0 Å². The first-order valence-corrected chi connectivity index (χ1v) is 7.74. The average Bonchev–Trinajstić information content (AvgIpc) is 3.09. The molecule has 0 bridgehead atoms. The molecule has 1 aliphatic heterocycles. The van der Waals surface area contributed by atoms with Gasteiger partial charge in [0.1, 0.15) is 17.9 Å². The summed E-state index contributed by atoms with van der Waals surface area (Å²) in [5, 5.41) is 11.9. The topological polar surface area (TPSA) is 107 Å². The molecule has 8 heteroatoms. The third kappa shape index (κ3) is 4.30. The zero-order valence-corrected chi connectivity index (χ0v) is 13.6. The smallest absolute Gasteiger partial charge is 0.248 e. The quantitative estimate of drug-likeness (QED) is 0.709. The summed E-state index contributed by atoms with van der Waals surface area (Å²) < 4.78 is 0. The van der Waals surface area contributed by atoms with Crippen LogP contribution in [0.4, 0.5) is 5.82 Å². The number of likely N-dealkylation sites (tertiary alicyclic amines) is 1. The normalized spacial score (nSPS) is 19.0. The minimum Gasteiger partial charge on any atom is -0.342 e. The van der Waals surface area contributed by atoms with Gasteiger partial charge in [0.15, 0.2) is 0 Å². The maximum absolute atomic E-state index is 12.4. The van der Waals surface area contributed by atoms with Gasteiger partial charge in [0.05, 0.1) is 6.20 Å². The van der Waals surface area contributed by atoms with Crippen LogP contribution in [0.3, 0.4) is 0 Å². The number of nitrogens with one attached hydrogen (secondary N) is 3. The van der Waals surface area contributed by atoms with Gasteiger partial charge in [-0.1, -0.05) is 13.8 Å². The molecule has 1 saturated heterocycles. The van der Waals surface area contributed by atoms with Crippen molar-refractivity contribution >= 4 is 23.5 Å². The highest BCUT2D eigenvalue weighted by Gasteiger charge is 2.35. The number of carbonyl (C=O) groups excluding carboxylic acids is 3. The first-order chi connectivity index (χ1) is 10.9. The molecule has 3 N–H and O–H groups in total. The van der Waals surface area contributed by atoms with Gasteiger partial charge in [-0.3, -0.25) is 19.5 Å². The van der Waals surface area contributed by atoms with E-state index < -0.39 is 12.1 Å². The lowest BCUT2D eigenvalue weighted by molar-refractivity contribution is -0.135. The number of carbonyl (C=O) groups is 3. The van der Waals surface area contributed by atoms with E-state index in [1.807, 2.05) is 13.8 Å². The highest BCUT2D eigenvalue weighted by atomic mass is 16.2. The molecule has 0 radical (unpaired) electrons. The third-order valence-electron chi connectivity index (χ3n) is 3.89. The molecule has 0 spiro atoms. The molecule has 2 atom stereocenters. The first-order valence-electron chi connectivity index (χ1n) is 7.74. The predicted octanol–water partition coefficient (Wildman–Crippen LogP) is 0.500. The van der Waals surface area contributed by atoms with Crippen LogP contribution >= 0.6 is 0 Å². The van der Waals surface area contributed by atoms with Crippen LogP contribution in [-0.4, -0.2) is 52.0 Å². The van der Waals surface area contributed by atoms with E-state index in [9.17, 15) is 14.4 Å². The van der Waals surface area contributed by atoms with Crippen LogP contribution in [0.2, 0.25) is 0 Å². The van der Waals surface area contributed by atoms with Crippen molar-refractivity contribution in [2.24, 2.45) is 5.92 Å². The van der Waals surface area contributed by atoms with Gasteiger partial charge in [-0.15, -0.1) is 0 Å². The number of rotatable bonds is 6. The van der Waals surface area contributed by atoms with Crippen molar-refractivity contribution in [2.75, 3.05) is 12.4 Å². The van der Waals surface area contributed by atoms with Crippen molar-refractivity contribution in [1.29, 1.82) is 0 Å². The van der Waals surface area contributed by atoms with E-state index in [1.165, 1.54) is 11.1 Å². The predicted molar refractivity (Wildman–Crippen MR) is 84.4 cm³/mol. The first kappa shape index (κ1) is 17.0. The Morgan fingerprint density at radius 2 is 2.22 bits per heavy atom. The van der Waals surface area contributed by atoms with Crippen LogP contribution in [0.5, 0.6) is 0 Å². The van der Waals surface area contributed by atoms with Crippen molar-refractivity contribution in [1.82, 2.24) is 20.4 Å². The number of aromatic nitrogens is 2. The number of hydrogen-bond donors (Lipinski definition) is 3. The summed E-state index contributed by atoms with van der Waals surface area (Å²) in [6, 6.07) is 0.474. The van der Waals surface area contributed by atoms with Crippen LogP contribution in [-0.2, 0) is 14.4 Å². The van der Waals surface area contributed by atoms with E-state index in [2.05, 4.69) is 20.8 Å². The van der Waals surface area contributed by atoms with Crippen molar-refractivity contribution in [3.63, 3.8) is 0 Å². The minimum atomic E-state index is -0.657. The number of anilines is 1. The molecule has 2 rings (SSSR count). The lowest BCUT2D eigenvalue weighted by atomic mass is 10.0. The van der Waals surface area contributed by atoms with E-state index in [-0.39, 0.29) is 23.6 Å². The van der Waals surface area contributed by atoms with Gasteiger partial charge in [-0.25, -0.2) is 0 Å². The summed E-state index contributed by atoms with van der Waals surface area (Å²) >= 11 is 0. The van der Waals surface area contributed by atoms with Crippen LogP contribution in [0.15, 0.2) is 12.3 Å². The highest BCUT2D eigenvalue weighted by Crippen LogP contribution is 2.17.